The van der Waals surface area contributed by atoms with Crippen molar-refractivity contribution in [3.8, 4) is 0 Å². The van der Waals surface area contributed by atoms with Crippen molar-refractivity contribution in [2.45, 2.75) is 5.92 Å². The summed E-state index contributed by atoms with van der Waals surface area (Å²) < 4.78 is 12.9. The Labute approximate surface area is 200 Å². The molecule has 0 aliphatic carbocycles. The van der Waals surface area contributed by atoms with Crippen LogP contribution < -0.4 is 0 Å². The van der Waals surface area contributed by atoms with Gasteiger partial charge in [-0.15, -0.1) is 0 Å². The van der Waals surface area contributed by atoms with Gasteiger partial charge in [-0.25, -0.2) is 0 Å². The molecule has 3 heterocycles. The number of rotatable bonds is 2. The van der Waals surface area contributed by atoms with Crippen LogP contribution in [0.3, 0.4) is 0 Å². The highest BCUT2D eigenvalue weighted by molar-refractivity contribution is 6.21. The SMILES string of the molecule is c1ccc2c(c1)N=C(c1cccc3c1oc1ccccc13)C2c1cccc2c1oc1ccccc12. The van der Waals surface area contributed by atoms with Gasteiger partial charge in [0.15, 0.2) is 0 Å². The van der Waals surface area contributed by atoms with E-state index < -0.39 is 0 Å². The fourth-order valence-corrected chi connectivity index (χ4v) is 5.65. The van der Waals surface area contributed by atoms with Gasteiger partial charge >= 0.3 is 0 Å². The van der Waals surface area contributed by atoms with Crippen LogP contribution in [0.2, 0.25) is 0 Å². The van der Waals surface area contributed by atoms with Crippen molar-refractivity contribution in [2.75, 3.05) is 0 Å². The van der Waals surface area contributed by atoms with Gasteiger partial charge in [0.1, 0.15) is 22.3 Å². The molecule has 35 heavy (non-hydrogen) atoms. The highest BCUT2D eigenvalue weighted by Gasteiger charge is 2.33. The highest BCUT2D eigenvalue weighted by Crippen LogP contribution is 2.46. The number of hydrogen-bond acceptors (Lipinski definition) is 3. The fraction of sp³-hybridized carbons (Fsp3) is 0.0312. The summed E-state index contributed by atoms with van der Waals surface area (Å²) in [4.78, 5) is 5.18. The fourth-order valence-electron chi connectivity index (χ4n) is 5.65. The van der Waals surface area contributed by atoms with Gasteiger partial charge in [0.2, 0.25) is 0 Å². The maximum absolute atomic E-state index is 6.45. The summed E-state index contributed by atoms with van der Waals surface area (Å²) in [6.07, 6.45) is 0. The maximum atomic E-state index is 6.45. The van der Waals surface area contributed by atoms with Gasteiger partial charge in [-0.3, -0.25) is 4.99 Å². The summed E-state index contributed by atoms with van der Waals surface area (Å²) in [6.45, 7) is 0. The molecule has 164 valence electrons. The average molecular weight is 450 g/mol. The molecule has 8 rings (SSSR count). The minimum atomic E-state index is -0.0609. The molecule has 0 radical (unpaired) electrons. The van der Waals surface area contributed by atoms with Crippen molar-refractivity contribution < 1.29 is 8.83 Å². The Balaban J connectivity index is 1.43. The molecule has 0 amide bonds. The number of aliphatic imine (C=N–C) groups is 1. The zero-order valence-corrected chi connectivity index (χ0v) is 18.7. The number of para-hydroxylation sites is 5. The molecule has 1 aliphatic rings. The van der Waals surface area contributed by atoms with E-state index in [1.807, 2.05) is 30.3 Å². The molecule has 0 spiro atoms. The third-order valence-electron chi connectivity index (χ3n) is 7.19. The zero-order chi connectivity index (χ0) is 22.9. The van der Waals surface area contributed by atoms with Crippen molar-refractivity contribution in [3.05, 3.63) is 126 Å². The second-order valence-corrected chi connectivity index (χ2v) is 9.09. The highest BCUT2D eigenvalue weighted by atomic mass is 16.3. The van der Waals surface area contributed by atoms with E-state index >= 15 is 0 Å². The Bertz CT molecular complexity index is 1970. The maximum Gasteiger partial charge on any atom is 0.144 e. The average Bonchev–Trinajstić information content (AvgIpc) is 3.59. The molecule has 0 fully saturated rings. The quantitative estimate of drug-likeness (QED) is 0.265. The molecule has 1 atom stereocenters. The normalized spacial score (nSPS) is 15.3. The third kappa shape index (κ3) is 2.58. The molecule has 0 N–H and O–H groups in total. The minimum Gasteiger partial charge on any atom is -0.456 e. The smallest absolute Gasteiger partial charge is 0.144 e. The molecular formula is C32H19NO2. The lowest BCUT2D eigenvalue weighted by Gasteiger charge is -2.16. The molecule has 1 unspecified atom stereocenters. The van der Waals surface area contributed by atoms with Gasteiger partial charge in [-0.1, -0.05) is 84.9 Å². The summed E-state index contributed by atoms with van der Waals surface area (Å²) in [6, 6.07) is 37.6. The van der Waals surface area contributed by atoms with Crippen LogP contribution in [0, 0.1) is 0 Å². The van der Waals surface area contributed by atoms with Crippen LogP contribution in [-0.2, 0) is 0 Å². The van der Waals surface area contributed by atoms with Crippen LogP contribution >= 0.6 is 0 Å². The van der Waals surface area contributed by atoms with E-state index in [0.717, 1.165) is 66.4 Å². The van der Waals surface area contributed by atoms with E-state index in [0.29, 0.717) is 0 Å². The predicted molar refractivity (Wildman–Crippen MR) is 142 cm³/mol. The summed E-state index contributed by atoms with van der Waals surface area (Å²) in [5.41, 5.74) is 8.90. The molecule has 7 aromatic rings. The summed E-state index contributed by atoms with van der Waals surface area (Å²) in [5, 5.41) is 4.49. The van der Waals surface area contributed by atoms with E-state index in [9.17, 15) is 0 Å². The Morgan fingerprint density at radius 1 is 0.486 bits per heavy atom. The lowest BCUT2D eigenvalue weighted by molar-refractivity contribution is 0.662. The number of fused-ring (bicyclic) bond motifs is 7. The van der Waals surface area contributed by atoms with Crippen molar-refractivity contribution >= 4 is 55.3 Å². The van der Waals surface area contributed by atoms with Crippen molar-refractivity contribution in [3.63, 3.8) is 0 Å². The number of furan rings is 2. The van der Waals surface area contributed by atoms with Crippen LogP contribution in [0.15, 0.2) is 123 Å². The number of nitrogens with zero attached hydrogens (tertiary/aromatic N) is 1. The monoisotopic (exact) mass is 449 g/mol. The second-order valence-electron chi connectivity index (χ2n) is 9.09. The first-order chi connectivity index (χ1) is 17.4. The van der Waals surface area contributed by atoms with E-state index in [2.05, 4.69) is 78.9 Å². The van der Waals surface area contributed by atoms with Gasteiger partial charge in [-0.2, -0.15) is 0 Å². The molecule has 0 bridgehead atoms. The van der Waals surface area contributed by atoms with E-state index in [4.69, 9.17) is 13.8 Å². The largest absolute Gasteiger partial charge is 0.456 e. The first-order valence-electron chi connectivity index (χ1n) is 11.8. The lowest BCUT2D eigenvalue weighted by Crippen LogP contribution is -2.12. The lowest BCUT2D eigenvalue weighted by atomic mass is 9.84. The van der Waals surface area contributed by atoms with Gasteiger partial charge in [0, 0.05) is 32.7 Å². The van der Waals surface area contributed by atoms with Crippen LogP contribution in [0.5, 0.6) is 0 Å². The van der Waals surface area contributed by atoms with E-state index in [1.165, 1.54) is 5.56 Å². The van der Waals surface area contributed by atoms with E-state index in [-0.39, 0.29) is 5.92 Å². The first kappa shape index (κ1) is 18.8. The standard InChI is InChI=1S/C32H19NO2/c1-4-16-26-23(11-1)29(24-14-7-12-21-19-9-2-5-17-27(19)34-31(21)24)30(33-26)25-15-8-13-22-20-10-3-6-18-28(20)35-32(22)25/h1-18,29H. The number of hydrogen-bond donors (Lipinski definition) is 0. The zero-order valence-electron chi connectivity index (χ0n) is 18.7. The van der Waals surface area contributed by atoms with Crippen LogP contribution in [0.4, 0.5) is 5.69 Å². The summed E-state index contributed by atoms with van der Waals surface area (Å²) >= 11 is 0. The molecule has 3 heteroatoms. The van der Waals surface area contributed by atoms with Crippen LogP contribution in [0.1, 0.15) is 22.6 Å². The Kier molecular flexibility index (Phi) is 3.72. The summed E-state index contributed by atoms with van der Waals surface area (Å²) in [5.74, 6) is -0.0609. The Morgan fingerprint density at radius 2 is 1.06 bits per heavy atom. The van der Waals surface area contributed by atoms with E-state index in [1.54, 1.807) is 0 Å². The molecule has 0 saturated heterocycles. The second kappa shape index (κ2) is 6.94. The predicted octanol–water partition coefficient (Wildman–Crippen LogP) is 8.75. The van der Waals surface area contributed by atoms with Crippen LogP contribution in [-0.4, -0.2) is 5.71 Å². The molecule has 3 nitrogen and oxygen atoms in total. The molecule has 1 aliphatic heterocycles. The minimum absolute atomic E-state index is 0.0609. The van der Waals surface area contributed by atoms with Crippen molar-refractivity contribution in [1.82, 2.24) is 0 Å². The summed E-state index contributed by atoms with van der Waals surface area (Å²) in [7, 11) is 0. The van der Waals surface area contributed by atoms with Crippen molar-refractivity contribution in [2.24, 2.45) is 4.99 Å². The first-order valence-corrected chi connectivity index (χ1v) is 11.8. The molecule has 5 aromatic carbocycles. The van der Waals surface area contributed by atoms with Gasteiger partial charge in [0.05, 0.1) is 17.3 Å². The molecule has 2 aromatic heterocycles. The van der Waals surface area contributed by atoms with Gasteiger partial charge in [-0.05, 0) is 29.8 Å². The van der Waals surface area contributed by atoms with Crippen LogP contribution in [0.25, 0.3) is 43.9 Å². The van der Waals surface area contributed by atoms with Gasteiger partial charge in [0.25, 0.3) is 0 Å². The Morgan fingerprint density at radius 3 is 1.86 bits per heavy atom. The van der Waals surface area contributed by atoms with Gasteiger partial charge < -0.3 is 8.83 Å². The molecule has 0 saturated carbocycles. The number of benzene rings is 5. The Hall–Kier alpha value is -4.63. The third-order valence-corrected chi connectivity index (χ3v) is 7.19. The molecular weight excluding hydrogens is 430 g/mol. The van der Waals surface area contributed by atoms with Crippen molar-refractivity contribution in [1.29, 1.82) is 0 Å². The topological polar surface area (TPSA) is 38.6 Å².